The van der Waals surface area contributed by atoms with Gasteiger partial charge in [-0.05, 0) is 28.4 Å². The molecule has 8 heteroatoms. The second kappa shape index (κ2) is 4.16. The van der Waals surface area contributed by atoms with Gasteiger partial charge < -0.3 is 5.11 Å². The van der Waals surface area contributed by atoms with Gasteiger partial charge in [-0.2, -0.15) is 0 Å². The predicted octanol–water partition coefficient (Wildman–Crippen LogP) is 1.15. The molecule has 0 spiro atoms. The number of aliphatic carboxylic acids is 1. The van der Waals surface area contributed by atoms with E-state index >= 15 is 0 Å². The highest BCUT2D eigenvalue weighted by atomic mass is 16.6. The van der Waals surface area contributed by atoms with Gasteiger partial charge in [0.25, 0.3) is 0 Å². The number of aromatic nitrogens is 2. The average Bonchev–Trinajstić information content (AvgIpc) is 2.73. The molecule has 0 aliphatic rings. The molecule has 1 aromatic heterocycles. The van der Waals surface area contributed by atoms with Crippen molar-refractivity contribution in [1.29, 1.82) is 0 Å². The lowest BCUT2D eigenvalue weighted by atomic mass is 10.1. The normalized spacial score (nSPS) is 10.6. The maximum atomic E-state index is 10.7. The molecule has 1 aromatic carbocycles. The SMILES string of the molecule is O=C(O)CCc1ccc([N+](=O)[O-])c2nonc12. The van der Waals surface area contributed by atoms with E-state index in [1.54, 1.807) is 0 Å². The highest BCUT2D eigenvalue weighted by Crippen LogP contribution is 2.26. The van der Waals surface area contributed by atoms with E-state index < -0.39 is 10.9 Å². The van der Waals surface area contributed by atoms with E-state index in [1.807, 2.05) is 0 Å². The van der Waals surface area contributed by atoms with Crippen molar-refractivity contribution in [2.45, 2.75) is 12.8 Å². The molecule has 2 rings (SSSR count). The van der Waals surface area contributed by atoms with Crippen LogP contribution in [0.2, 0.25) is 0 Å². The summed E-state index contributed by atoms with van der Waals surface area (Å²) in [6, 6.07) is 2.73. The van der Waals surface area contributed by atoms with E-state index in [9.17, 15) is 14.9 Å². The molecule has 88 valence electrons. The van der Waals surface area contributed by atoms with Crippen molar-refractivity contribution in [1.82, 2.24) is 10.3 Å². The maximum Gasteiger partial charge on any atom is 0.303 e. The highest BCUT2D eigenvalue weighted by Gasteiger charge is 2.19. The summed E-state index contributed by atoms with van der Waals surface area (Å²) in [5.74, 6) is -0.951. The third-order valence-electron chi connectivity index (χ3n) is 2.28. The summed E-state index contributed by atoms with van der Waals surface area (Å²) in [7, 11) is 0. The van der Waals surface area contributed by atoms with Crippen molar-refractivity contribution < 1.29 is 19.5 Å². The van der Waals surface area contributed by atoms with Gasteiger partial charge >= 0.3 is 11.7 Å². The zero-order valence-corrected chi connectivity index (χ0v) is 8.49. The number of carbonyl (C=O) groups is 1. The molecule has 0 atom stereocenters. The molecule has 0 amide bonds. The summed E-state index contributed by atoms with van der Waals surface area (Å²) in [6.45, 7) is 0. The molecular formula is C9H7N3O5. The fraction of sp³-hybridized carbons (Fsp3) is 0.222. The third-order valence-corrected chi connectivity index (χ3v) is 2.28. The number of nitrogens with zero attached hydrogens (tertiary/aromatic N) is 3. The van der Waals surface area contributed by atoms with Gasteiger partial charge in [0.05, 0.1) is 4.92 Å². The van der Waals surface area contributed by atoms with Gasteiger partial charge in [-0.1, -0.05) is 0 Å². The Bertz CT molecular complexity index is 591. The van der Waals surface area contributed by atoms with Crippen LogP contribution in [0.1, 0.15) is 12.0 Å². The number of hydrogen-bond donors (Lipinski definition) is 1. The molecule has 17 heavy (non-hydrogen) atoms. The van der Waals surface area contributed by atoms with Crippen LogP contribution >= 0.6 is 0 Å². The first-order chi connectivity index (χ1) is 8.09. The van der Waals surface area contributed by atoms with E-state index in [-0.39, 0.29) is 29.6 Å². The standard InChI is InChI=1S/C9H7N3O5/c13-7(14)4-2-5-1-3-6(12(15)16)9-8(5)10-17-11-9/h1,3H,2,4H2,(H,13,14). The Morgan fingerprint density at radius 2 is 2.12 bits per heavy atom. The van der Waals surface area contributed by atoms with Gasteiger partial charge in [0, 0.05) is 12.5 Å². The van der Waals surface area contributed by atoms with Crippen molar-refractivity contribution in [3.8, 4) is 0 Å². The smallest absolute Gasteiger partial charge is 0.303 e. The average molecular weight is 237 g/mol. The number of carboxylic acids is 1. The zero-order chi connectivity index (χ0) is 12.4. The minimum absolute atomic E-state index is 0.0397. The van der Waals surface area contributed by atoms with Gasteiger partial charge in [-0.3, -0.25) is 14.9 Å². The number of fused-ring (bicyclic) bond motifs is 1. The number of nitro benzene ring substituents is 1. The Labute approximate surface area is 94.0 Å². The van der Waals surface area contributed by atoms with Crippen LogP contribution < -0.4 is 0 Å². The molecule has 0 aliphatic heterocycles. The highest BCUT2D eigenvalue weighted by molar-refractivity contribution is 5.86. The topological polar surface area (TPSA) is 119 Å². The molecule has 0 bridgehead atoms. The molecular weight excluding hydrogens is 230 g/mol. The molecule has 2 aromatic rings. The lowest BCUT2D eigenvalue weighted by Crippen LogP contribution is -1.99. The van der Waals surface area contributed by atoms with Crippen molar-refractivity contribution in [3.05, 3.63) is 27.8 Å². The lowest BCUT2D eigenvalue weighted by Gasteiger charge is -1.98. The van der Waals surface area contributed by atoms with E-state index in [1.165, 1.54) is 12.1 Å². The first kappa shape index (κ1) is 11.0. The summed E-state index contributed by atoms with van der Waals surface area (Å²) >= 11 is 0. The maximum absolute atomic E-state index is 10.7. The molecule has 0 saturated heterocycles. The summed E-state index contributed by atoms with van der Waals surface area (Å²) in [5, 5.41) is 26.3. The molecule has 8 nitrogen and oxygen atoms in total. The lowest BCUT2D eigenvalue weighted by molar-refractivity contribution is -0.383. The van der Waals surface area contributed by atoms with E-state index in [2.05, 4.69) is 14.9 Å². The van der Waals surface area contributed by atoms with Gasteiger partial charge in [0.1, 0.15) is 5.52 Å². The number of aryl methyl sites for hydroxylation is 1. The first-order valence-electron chi connectivity index (χ1n) is 4.70. The van der Waals surface area contributed by atoms with Crippen LogP contribution in [-0.2, 0) is 11.2 Å². The number of benzene rings is 1. The number of rotatable bonds is 4. The van der Waals surface area contributed by atoms with Crippen molar-refractivity contribution in [2.24, 2.45) is 0 Å². The van der Waals surface area contributed by atoms with Crippen LogP contribution in [0.15, 0.2) is 16.8 Å². The van der Waals surface area contributed by atoms with Crippen LogP contribution in [0.4, 0.5) is 5.69 Å². The van der Waals surface area contributed by atoms with Crippen molar-refractivity contribution >= 4 is 22.7 Å². The van der Waals surface area contributed by atoms with Crippen LogP contribution in [-0.4, -0.2) is 26.3 Å². The molecule has 0 radical (unpaired) electrons. The fourth-order valence-electron chi connectivity index (χ4n) is 1.50. The summed E-state index contributed by atoms with van der Waals surface area (Å²) in [4.78, 5) is 20.6. The van der Waals surface area contributed by atoms with Gasteiger partial charge in [-0.25, -0.2) is 4.63 Å². The van der Waals surface area contributed by atoms with Crippen molar-refractivity contribution in [2.75, 3.05) is 0 Å². The van der Waals surface area contributed by atoms with Crippen molar-refractivity contribution in [3.63, 3.8) is 0 Å². The Morgan fingerprint density at radius 1 is 1.41 bits per heavy atom. The Balaban J connectivity index is 2.46. The monoisotopic (exact) mass is 237 g/mol. The summed E-state index contributed by atoms with van der Waals surface area (Å²) < 4.78 is 4.45. The minimum Gasteiger partial charge on any atom is -0.481 e. The quantitative estimate of drug-likeness (QED) is 0.625. The first-order valence-corrected chi connectivity index (χ1v) is 4.70. The van der Waals surface area contributed by atoms with E-state index in [0.29, 0.717) is 5.56 Å². The third kappa shape index (κ3) is 2.05. The molecule has 0 fully saturated rings. The van der Waals surface area contributed by atoms with Crippen LogP contribution in [0.25, 0.3) is 11.0 Å². The predicted molar refractivity (Wildman–Crippen MR) is 54.4 cm³/mol. The fourth-order valence-corrected chi connectivity index (χ4v) is 1.50. The molecule has 0 unspecified atom stereocenters. The minimum atomic E-state index is -0.951. The summed E-state index contributed by atoms with van der Waals surface area (Å²) in [6.07, 6.45) is 0.137. The van der Waals surface area contributed by atoms with Gasteiger partial charge in [0.15, 0.2) is 0 Å². The number of carboxylic acid groups (broad SMARTS) is 1. The Morgan fingerprint density at radius 3 is 2.76 bits per heavy atom. The largest absolute Gasteiger partial charge is 0.481 e. The van der Waals surface area contributed by atoms with Crippen LogP contribution in [0.5, 0.6) is 0 Å². The van der Waals surface area contributed by atoms with Gasteiger partial charge in [-0.15, -0.1) is 0 Å². The Kier molecular flexibility index (Phi) is 2.69. The van der Waals surface area contributed by atoms with Gasteiger partial charge in [0.2, 0.25) is 5.52 Å². The van der Waals surface area contributed by atoms with E-state index in [4.69, 9.17) is 5.11 Å². The molecule has 1 heterocycles. The molecule has 0 aliphatic carbocycles. The van der Waals surface area contributed by atoms with Crippen LogP contribution in [0, 0.1) is 10.1 Å². The Hall–Kier alpha value is -2.51. The number of non-ortho nitro benzene ring substituents is 1. The summed E-state index contributed by atoms with van der Waals surface area (Å²) in [5.41, 5.74) is 0.632. The second-order valence-electron chi connectivity index (χ2n) is 3.36. The molecule has 1 N–H and O–H groups in total. The zero-order valence-electron chi connectivity index (χ0n) is 8.49. The van der Waals surface area contributed by atoms with E-state index in [0.717, 1.165) is 0 Å². The van der Waals surface area contributed by atoms with Crippen LogP contribution in [0.3, 0.4) is 0 Å². The number of hydrogen-bond acceptors (Lipinski definition) is 6. The number of nitro groups is 1. The molecule has 0 saturated carbocycles. The second-order valence-corrected chi connectivity index (χ2v) is 3.36.